The zero-order valence-corrected chi connectivity index (χ0v) is 18.6. The molecule has 0 bridgehead atoms. The number of nitrogens with zero attached hydrogens (tertiary/aromatic N) is 2. The second-order valence-corrected chi connectivity index (χ2v) is 8.97. The Bertz CT molecular complexity index is 949. The number of piperazine rings is 1. The zero-order valence-electron chi connectivity index (χ0n) is 18.6. The summed E-state index contributed by atoms with van der Waals surface area (Å²) in [6.45, 7) is 7.81. The van der Waals surface area contributed by atoms with Crippen molar-refractivity contribution < 1.29 is 10.1 Å². The van der Waals surface area contributed by atoms with E-state index in [-0.39, 0.29) is 5.91 Å². The molecule has 4 rings (SSSR count). The van der Waals surface area contributed by atoms with Crippen molar-refractivity contribution >= 4 is 17.3 Å². The highest BCUT2D eigenvalue weighted by Gasteiger charge is 2.31. The number of benzene rings is 1. The van der Waals surface area contributed by atoms with Gasteiger partial charge in [0.1, 0.15) is 5.69 Å². The predicted octanol–water partition coefficient (Wildman–Crippen LogP) is 3.38. The number of hydrogen-bond acceptors (Lipinski definition) is 3. The van der Waals surface area contributed by atoms with E-state index in [2.05, 4.69) is 24.8 Å². The third-order valence-corrected chi connectivity index (χ3v) is 6.34. The van der Waals surface area contributed by atoms with Gasteiger partial charge in [0.05, 0.1) is 11.3 Å². The van der Waals surface area contributed by atoms with Crippen LogP contribution in [0.1, 0.15) is 26.7 Å². The summed E-state index contributed by atoms with van der Waals surface area (Å²) in [6.07, 6.45) is 12.2. The molecule has 3 aliphatic rings. The molecule has 1 aromatic rings. The van der Waals surface area contributed by atoms with E-state index in [1.165, 1.54) is 12.1 Å². The van der Waals surface area contributed by atoms with Crippen molar-refractivity contribution in [3.63, 3.8) is 0 Å². The number of para-hydroxylation sites is 1. The predicted molar refractivity (Wildman–Crippen MR) is 125 cm³/mol. The van der Waals surface area contributed by atoms with Crippen LogP contribution in [0.2, 0.25) is 0 Å². The van der Waals surface area contributed by atoms with Crippen molar-refractivity contribution in [2.24, 2.45) is 11.8 Å². The Balaban J connectivity index is 1.51. The highest BCUT2D eigenvalue weighted by molar-refractivity contribution is 6.13. The second kappa shape index (κ2) is 9.48. The average molecular weight is 418 g/mol. The Morgan fingerprint density at radius 3 is 2.42 bits per heavy atom. The first kappa shape index (κ1) is 21.3. The fraction of sp³-hybridized carbons (Fsp3) is 0.385. The fourth-order valence-corrected chi connectivity index (χ4v) is 4.83. The Morgan fingerprint density at radius 2 is 1.74 bits per heavy atom. The summed E-state index contributed by atoms with van der Waals surface area (Å²) < 4.78 is 0. The maximum absolute atomic E-state index is 13.6. The van der Waals surface area contributed by atoms with Crippen molar-refractivity contribution in [3.8, 4) is 0 Å². The monoisotopic (exact) mass is 417 g/mol. The summed E-state index contributed by atoms with van der Waals surface area (Å²) in [5, 5.41) is 10.3. The van der Waals surface area contributed by atoms with E-state index in [4.69, 9.17) is 5.41 Å². The van der Waals surface area contributed by atoms with Crippen LogP contribution < -0.4 is 5.32 Å². The van der Waals surface area contributed by atoms with Crippen molar-refractivity contribution in [1.82, 2.24) is 9.80 Å². The molecule has 0 saturated carbocycles. The first-order valence-electron chi connectivity index (χ1n) is 11.3. The van der Waals surface area contributed by atoms with E-state index in [9.17, 15) is 4.79 Å². The molecule has 5 nitrogen and oxygen atoms in total. The van der Waals surface area contributed by atoms with Crippen LogP contribution in [0.3, 0.4) is 0 Å². The molecule has 5 heteroatoms. The van der Waals surface area contributed by atoms with Gasteiger partial charge in [-0.1, -0.05) is 50.3 Å². The number of quaternary nitrogens is 1. The van der Waals surface area contributed by atoms with Crippen LogP contribution in [0, 0.1) is 17.2 Å². The maximum Gasteiger partial charge on any atom is 0.309 e. The highest BCUT2D eigenvalue weighted by atomic mass is 16.2. The number of hydrogen-bond donors (Lipinski definition) is 2. The van der Waals surface area contributed by atoms with Gasteiger partial charge >= 0.3 is 5.91 Å². The molecule has 1 saturated heterocycles. The lowest BCUT2D eigenvalue weighted by Gasteiger charge is -2.39. The molecule has 1 heterocycles. The molecule has 162 valence electrons. The molecule has 2 atom stereocenters. The third kappa shape index (κ3) is 5.05. The molecule has 1 aromatic carbocycles. The molecular formula is C26H33N4O+. The first-order chi connectivity index (χ1) is 15.0. The summed E-state index contributed by atoms with van der Waals surface area (Å²) >= 11 is 0. The van der Waals surface area contributed by atoms with Crippen molar-refractivity contribution in [1.29, 1.82) is 5.41 Å². The lowest BCUT2D eigenvalue weighted by molar-refractivity contribution is -0.512. The summed E-state index contributed by atoms with van der Waals surface area (Å²) in [5.74, 6) is 1.37. The second-order valence-electron chi connectivity index (χ2n) is 8.97. The van der Waals surface area contributed by atoms with E-state index >= 15 is 0 Å². The number of nitrogens with one attached hydrogen (secondary N) is 1. The van der Waals surface area contributed by atoms with Gasteiger partial charge in [-0.2, -0.15) is 0 Å². The smallest absolute Gasteiger partial charge is 0.309 e. The van der Waals surface area contributed by atoms with Crippen LogP contribution >= 0.6 is 0 Å². The number of amides is 1. The number of nitrogens with two attached hydrogens (primary N) is 1. The van der Waals surface area contributed by atoms with E-state index < -0.39 is 0 Å². The van der Waals surface area contributed by atoms with Crippen molar-refractivity contribution in [2.45, 2.75) is 26.7 Å². The van der Waals surface area contributed by atoms with E-state index in [0.29, 0.717) is 36.0 Å². The van der Waals surface area contributed by atoms with Crippen LogP contribution in [0.5, 0.6) is 0 Å². The molecular weight excluding hydrogens is 384 g/mol. The third-order valence-electron chi connectivity index (χ3n) is 6.34. The van der Waals surface area contributed by atoms with Crippen molar-refractivity contribution in [2.75, 3.05) is 26.2 Å². The van der Waals surface area contributed by atoms with Gasteiger partial charge in [0.15, 0.2) is 0 Å². The van der Waals surface area contributed by atoms with Crippen LogP contribution in [-0.4, -0.2) is 47.6 Å². The lowest BCUT2D eigenvalue weighted by atomic mass is 9.86. The summed E-state index contributed by atoms with van der Waals surface area (Å²) in [4.78, 5) is 18.0. The Morgan fingerprint density at radius 1 is 1.03 bits per heavy atom. The standard InChI is InChI=1S/C26H32N4O/c1-19-16-20(2)18-22(17-19)29-12-14-30(15-13-29)26(31)25(23-10-6-7-11-24(23)27)28-21-8-4-3-5-9-21/h3-11,17,19-20,27-28H,12-16,18H2,1-2H3/p+1/b25-23-,27-24?. The molecule has 0 spiro atoms. The Hall–Kier alpha value is -2.92. The van der Waals surface area contributed by atoms with Crippen LogP contribution in [0.4, 0.5) is 5.69 Å². The molecule has 2 aliphatic carbocycles. The van der Waals surface area contributed by atoms with Gasteiger partial charge in [-0.15, -0.1) is 0 Å². The molecule has 3 N–H and O–H groups in total. The van der Waals surface area contributed by atoms with Crippen LogP contribution in [0.15, 0.2) is 77.7 Å². The summed E-state index contributed by atoms with van der Waals surface area (Å²) in [6, 6.07) is 9.90. The molecule has 1 fully saturated rings. The highest BCUT2D eigenvalue weighted by Crippen LogP contribution is 2.30. The minimum Gasteiger partial charge on any atom is -0.372 e. The fourth-order valence-electron chi connectivity index (χ4n) is 4.83. The van der Waals surface area contributed by atoms with Gasteiger partial charge in [0.2, 0.25) is 5.70 Å². The number of carbonyl (C=O) groups is 1. The van der Waals surface area contributed by atoms with E-state index in [1.807, 2.05) is 58.8 Å². The SMILES string of the molecule is CC1C=C(N2CCN(C(=O)/C([NH2+]c3ccccc3)=C3\C=CC=CC3=N)CC2)CC(C)C1. The Labute approximate surface area is 185 Å². The van der Waals surface area contributed by atoms with Gasteiger partial charge in [0, 0.05) is 31.9 Å². The summed E-state index contributed by atoms with van der Waals surface area (Å²) in [7, 11) is 0. The van der Waals surface area contributed by atoms with E-state index in [1.54, 1.807) is 6.08 Å². The molecule has 0 aromatic heterocycles. The molecule has 1 amide bonds. The zero-order chi connectivity index (χ0) is 21.8. The molecule has 1 aliphatic heterocycles. The maximum atomic E-state index is 13.6. The number of rotatable bonds is 4. The molecule has 0 radical (unpaired) electrons. The van der Waals surface area contributed by atoms with Crippen molar-refractivity contribution in [3.05, 3.63) is 77.7 Å². The van der Waals surface area contributed by atoms with Gasteiger partial charge in [-0.05, 0) is 49.0 Å². The average Bonchev–Trinajstić information content (AvgIpc) is 2.78. The first-order valence-corrected chi connectivity index (χ1v) is 11.3. The van der Waals surface area contributed by atoms with Gasteiger partial charge in [-0.3, -0.25) is 10.1 Å². The van der Waals surface area contributed by atoms with Gasteiger partial charge in [0.25, 0.3) is 0 Å². The number of allylic oxidation sites excluding steroid dienone is 7. The minimum atomic E-state index is 0.0163. The minimum absolute atomic E-state index is 0.0163. The Kier molecular flexibility index (Phi) is 6.52. The summed E-state index contributed by atoms with van der Waals surface area (Å²) in [5.41, 5.74) is 4.10. The molecule has 31 heavy (non-hydrogen) atoms. The van der Waals surface area contributed by atoms with Crippen LogP contribution in [-0.2, 0) is 4.79 Å². The lowest BCUT2D eigenvalue weighted by Crippen LogP contribution is -2.79. The topological polar surface area (TPSA) is 64.0 Å². The van der Waals surface area contributed by atoms with E-state index in [0.717, 1.165) is 31.1 Å². The normalized spacial score (nSPS) is 25.5. The molecule has 2 unspecified atom stereocenters. The number of carbonyl (C=O) groups excluding carboxylic acids is 1. The van der Waals surface area contributed by atoms with Gasteiger partial charge in [-0.25, -0.2) is 0 Å². The quantitative estimate of drug-likeness (QED) is 0.583. The largest absolute Gasteiger partial charge is 0.372 e. The van der Waals surface area contributed by atoms with Crippen LogP contribution in [0.25, 0.3) is 0 Å². The van der Waals surface area contributed by atoms with Gasteiger partial charge < -0.3 is 15.2 Å².